The van der Waals surface area contributed by atoms with Gasteiger partial charge in [0.2, 0.25) is 5.91 Å². The molecule has 1 aliphatic heterocycles. The van der Waals surface area contributed by atoms with Crippen LogP contribution in [0, 0.1) is 5.41 Å². The van der Waals surface area contributed by atoms with Crippen molar-refractivity contribution in [1.82, 2.24) is 0 Å². The van der Waals surface area contributed by atoms with Crippen LogP contribution in [0.4, 0.5) is 5.69 Å². The Labute approximate surface area is 109 Å². The van der Waals surface area contributed by atoms with Crippen molar-refractivity contribution in [3.63, 3.8) is 0 Å². The molecule has 3 heteroatoms. The van der Waals surface area contributed by atoms with Gasteiger partial charge in [0.05, 0.1) is 0 Å². The molecule has 18 heavy (non-hydrogen) atoms. The van der Waals surface area contributed by atoms with E-state index in [0.29, 0.717) is 6.42 Å². The molecule has 1 aromatic carbocycles. The Kier molecular flexibility index (Phi) is 3.44. The molecule has 2 N–H and O–H groups in total. The number of rotatable bonds is 2. The van der Waals surface area contributed by atoms with E-state index in [-0.39, 0.29) is 17.4 Å². The monoisotopic (exact) mass is 246 g/mol. The molecule has 2 rings (SSSR count). The van der Waals surface area contributed by atoms with E-state index >= 15 is 0 Å². The molecular weight excluding hydrogens is 224 g/mol. The van der Waals surface area contributed by atoms with Crippen LogP contribution in [0.3, 0.4) is 0 Å². The number of nitrogens with zero attached hydrogens (tertiary/aromatic N) is 1. The SMILES string of the molecule is CC(C)(C)C(N)CC(=O)N1CCc2ccccc21. The first-order chi connectivity index (χ1) is 8.39. The summed E-state index contributed by atoms with van der Waals surface area (Å²) in [5.74, 6) is 0.141. The van der Waals surface area contributed by atoms with Crippen molar-refractivity contribution in [3.8, 4) is 0 Å². The molecule has 1 aromatic rings. The van der Waals surface area contributed by atoms with Crippen molar-refractivity contribution in [2.75, 3.05) is 11.4 Å². The second-order valence-electron chi connectivity index (χ2n) is 6.10. The van der Waals surface area contributed by atoms with Gasteiger partial charge in [-0.25, -0.2) is 0 Å². The molecule has 1 unspecified atom stereocenters. The number of para-hydroxylation sites is 1. The molecule has 0 bridgehead atoms. The van der Waals surface area contributed by atoms with E-state index in [1.54, 1.807) is 0 Å². The summed E-state index contributed by atoms with van der Waals surface area (Å²) in [7, 11) is 0. The van der Waals surface area contributed by atoms with E-state index in [1.165, 1.54) is 5.56 Å². The predicted molar refractivity (Wildman–Crippen MR) is 74.5 cm³/mol. The molecule has 0 aromatic heterocycles. The van der Waals surface area contributed by atoms with Crippen molar-refractivity contribution in [2.45, 2.75) is 39.7 Å². The first kappa shape index (κ1) is 13.1. The van der Waals surface area contributed by atoms with Crippen LogP contribution in [0.5, 0.6) is 0 Å². The van der Waals surface area contributed by atoms with E-state index in [4.69, 9.17) is 5.73 Å². The molecule has 0 spiro atoms. The number of fused-ring (bicyclic) bond motifs is 1. The number of carbonyl (C=O) groups excluding carboxylic acids is 1. The number of hydrogen-bond donors (Lipinski definition) is 1. The van der Waals surface area contributed by atoms with Crippen LogP contribution in [0.15, 0.2) is 24.3 Å². The van der Waals surface area contributed by atoms with E-state index in [2.05, 4.69) is 26.8 Å². The molecule has 3 nitrogen and oxygen atoms in total. The minimum absolute atomic E-state index is 0.0328. The summed E-state index contributed by atoms with van der Waals surface area (Å²) >= 11 is 0. The van der Waals surface area contributed by atoms with Crippen molar-refractivity contribution in [3.05, 3.63) is 29.8 Å². The normalized spacial score (nSPS) is 16.6. The lowest BCUT2D eigenvalue weighted by atomic mass is 9.85. The zero-order valence-electron chi connectivity index (χ0n) is 11.4. The van der Waals surface area contributed by atoms with E-state index < -0.39 is 0 Å². The molecule has 0 aliphatic carbocycles. The quantitative estimate of drug-likeness (QED) is 0.870. The molecule has 0 saturated carbocycles. The van der Waals surface area contributed by atoms with E-state index in [9.17, 15) is 4.79 Å². The number of carbonyl (C=O) groups is 1. The predicted octanol–water partition coefficient (Wildman–Crippen LogP) is 2.34. The third kappa shape index (κ3) is 2.56. The van der Waals surface area contributed by atoms with Gasteiger partial charge in [-0.15, -0.1) is 0 Å². The Balaban J connectivity index is 2.08. The van der Waals surface area contributed by atoms with Crippen LogP contribution < -0.4 is 10.6 Å². The van der Waals surface area contributed by atoms with Gasteiger partial charge in [-0.2, -0.15) is 0 Å². The smallest absolute Gasteiger partial charge is 0.228 e. The summed E-state index contributed by atoms with van der Waals surface area (Å²) in [6.07, 6.45) is 1.37. The largest absolute Gasteiger partial charge is 0.327 e. The average molecular weight is 246 g/mol. The van der Waals surface area contributed by atoms with Gasteiger partial charge in [-0.1, -0.05) is 39.0 Å². The van der Waals surface area contributed by atoms with Crippen LogP contribution in [-0.4, -0.2) is 18.5 Å². The molecular formula is C15H22N2O. The molecule has 1 atom stereocenters. The Morgan fingerprint density at radius 2 is 2.06 bits per heavy atom. The molecule has 1 heterocycles. The minimum Gasteiger partial charge on any atom is -0.327 e. The van der Waals surface area contributed by atoms with Gasteiger partial charge in [-0.05, 0) is 23.5 Å². The molecule has 0 fully saturated rings. The summed E-state index contributed by atoms with van der Waals surface area (Å²) < 4.78 is 0. The lowest BCUT2D eigenvalue weighted by molar-refractivity contribution is -0.119. The first-order valence-electron chi connectivity index (χ1n) is 6.53. The van der Waals surface area contributed by atoms with Gasteiger partial charge < -0.3 is 10.6 Å². The number of nitrogens with two attached hydrogens (primary N) is 1. The van der Waals surface area contributed by atoms with Crippen molar-refractivity contribution >= 4 is 11.6 Å². The Bertz CT molecular complexity index is 448. The van der Waals surface area contributed by atoms with E-state index in [0.717, 1.165) is 18.7 Å². The summed E-state index contributed by atoms with van der Waals surface area (Å²) in [6.45, 7) is 7.00. The van der Waals surface area contributed by atoms with Crippen LogP contribution >= 0.6 is 0 Å². The minimum atomic E-state index is -0.0993. The van der Waals surface area contributed by atoms with Crippen molar-refractivity contribution < 1.29 is 4.79 Å². The van der Waals surface area contributed by atoms with Gasteiger partial charge in [0, 0.05) is 24.7 Å². The van der Waals surface area contributed by atoms with Gasteiger partial charge in [0.15, 0.2) is 0 Å². The molecule has 1 aliphatic rings. The molecule has 98 valence electrons. The van der Waals surface area contributed by atoms with Gasteiger partial charge >= 0.3 is 0 Å². The number of hydrogen-bond acceptors (Lipinski definition) is 2. The fraction of sp³-hybridized carbons (Fsp3) is 0.533. The van der Waals surface area contributed by atoms with Crippen molar-refractivity contribution in [2.24, 2.45) is 11.1 Å². The summed E-state index contributed by atoms with van der Waals surface area (Å²) in [5.41, 5.74) is 8.38. The second kappa shape index (κ2) is 4.73. The zero-order valence-corrected chi connectivity index (χ0v) is 11.4. The highest BCUT2D eigenvalue weighted by Gasteiger charge is 2.29. The van der Waals surface area contributed by atoms with Crippen LogP contribution in [0.1, 0.15) is 32.8 Å². The van der Waals surface area contributed by atoms with Gasteiger partial charge in [0.25, 0.3) is 0 Å². The summed E-state index contributed by atoms with van der Waals surface area (Å²) in [6, 6.07) is 8.01. The third-order valence-corrected chi connectivity index (χ3v) is 3.70. The first-order valence-corrected chi connectivity index (χ1v) is 6.53. The zero-order chi connectivity index (χ0) is 13.3. The number of benzene rings is 1. The standard InChI is InChI=1S/C15H22N2O/c1-15(2,3)13(16)10-14(18)17-9-8-11-6-4-5-7-12(11)17/h4-7,13H,8-10,16H2,1-3H3. The summed E-state index contributed by atoms with van der Waals surface area (Å²) in [4.78, 5) is 14.2. The van der Waals surface area contributed by atoms with Crippen LogP contribution in [0.2, 0.25) is 0 Å². The highest BCUT2D eigenvalue weighted by atomic mass is 16.2. The fourth-order valence-corrected chi connectivity index (χ4v) is 2.20. The third-order valence-electron chi connectivity index (χ3n) is 3.70. The lowest BCUT2D eigenvalue weighted by Crippen LogP contribution is -2.41. The van der Waals surface area contributed by atoms with Crippen molar-refractivity contribution in [1.29, 1.82) is 0 Å². The maximum absolute atomic E-state index is 12.3. The van der Waals surface area contributed by atoms with Gasteiger partial charge in [0.1, 0.15) is 0 Å². The number of amides is 1. The highest BCUT2D eigenvalue weighted by Crippen LogP contribution is 2.29. The lowest BCUT2D eigenvalue weighted by Gasteiger charge is -2.28. The number of anilines is 1. The van der Waals surface area contributed by atoms with Crippen LogP contribution in [-0.2, 0) is 11.2 Å². The molecule has 0 saturated heterocycles. The second-order valence-corrected chi connectivity index (χ2v) is 6.10. The average Bonchev–Trinajstić information content (AvgIpc) is 2.71. The Morgan fingerprint density at radius 3 is 2.72 bits per heavy atom. The maximum Gasteiger partial charge on any atom is 0.228 e. The van der Waals surface area contributed by atoms with Crippen LogP contribution in [0.25, 0.3) is 0 Å². The fourth-order valence-electron chi connectivity index (χ4n) is 2.20. The van der Waals surface area contributed by atoms with Gasteiger partial charge in [-0.3, -0.25) is 4.79 Å². The Hall–Kier alpha value is -1.35. The maximum atomic E-state index is 12.3. The Morgan fingerprint density at radius 1 is 1.39 bits per heavy atom. The summed E-state index contributed by atoms with van der Waals surface area (Å²) in [5, 5.41) is 0. The van der Waals surface area contributed by atoms with E-state index in [1.807, 2.05) is 23.1 Å². The highest BCUT2D eigenvalue weighted by molar-refractivity contribution is 5.95. The molecule has 1 amide bonds. The molecule has 0 radical (unpaired) electrons. The topological polar surface area (TPSA) is 46.3 Å².